The first-order chi connectivity index (χ1) is 13.1. The Balaban J connectivity index is 2.25. The van der Waals surface area contributed by atoms with Crippen LogP contribution in [0.5, 0.6) is 0 Å². The summed E-state index contributed by atoms with van der Waals surface area (Å²) in [7, 11) is -3.74. The average Bonchev–Trinajstić information content (AvgIpc) is 2.62. The normalized spacial score (nSPS) is 12.1. The molecule has 7 nitrogen and oxygen atoms in total. The zero-order valence-corrected chi connectivity index (χ0v) is 17.3. The van der Waals surface area contributed by atoms with E-state index in [1.807, 2.05) is 0 Å². The van der Waals surface area contributed by atoms with Crippen LogP contribution in [0.3, 0.4) is 0 Å². The van der Waals surface area contributed by atoms with E-state index in [0.717, 1.165) is 10.6 Å². The number of rotatable bonds is 7. The van der Waals surface area contributed by atoms with Crippen LogP contribution < -0.4 is 9.62 Å². The first-order valence-electron chi connectivity index (χ1n) is 8.46. The Bertz CT molecular complexity index is 961. The molecule has 0 aliphatic carbocycles. The van der Waals surface area contributed by atoms with Crippen LogP contribution >= 0.6 is 11.6 Å². The third-order valence-corrected chi connectivity index (χ3v) is 5.30. The van der Waals surface area contributed by atoms with E-state index in [-0.39, 0.29) is 12.2 Å². The fourth-order valence-electron chi connectivity index (χ4n) is 2.58. The van der Waals surface area contributed by atoms with Gasteiger partial charge < -0.3 is 10.1 Å². The van der Waals surface area contributed by atoms with Gasteiger partial charge in [-0.05, 0) is 56.3 Å². The van der Waals surface area contributed by atoms with Crippen molar-refractivity contribution < 1.29 is 22.7 Å². The van der Waals surface area contributed by atoms with Gasteiger partial charge >= 0.3 is 5.97 Å². The van der Waals surface area contributed by atoms with Gasteiger partial charge in [0.25, 0.3) is 0 Å². The zero-order valence-electron chi connectivity index (χ0n) is 15.7. The number of halogens is 1. The van der Waals surface area contributed by atoms with Crippen LogP contribution in [0.4, 0.5) is 11.4 Å². The second-order valence-electron chi connectivity index (χ2n) is 6.00. The number of sulfonamides is 1. The van der Waals surface area contributed by atoms with E-state index in [1.54, 1.807) is 37.3 Å². The van der Waals surface area contributed by atoms with Crippen LogP contribution in [0.1, 0.15) is 24.2 Å². The van der Waals surface area contributed by atoms with Gasteiger partial charge in [0.05, 0.1) is 24.1 Å². The lowest BCUT2D eigenvalue weighted by atomic mass is 10.2. The summed E-state index contributed by atoms with van der Waals surface area (Å²) < 4.78 is 30.5. The molecule has 0 aliphatic rings. The first-order valence-corrected chi connectivity index (χ1v) is 10.7. The van der Waals surface area contributed by atoms with Crippen LogP contribution in [0.2, 0.25) is 5.02 Å². The standard InChI is InChI=1S/C19H21ClN2O5S/c1-4-27-19(24)14-6-5-7-16(12-14)21-18(23)13(2)22(28(3,25)26)17-10-8-15(20)9-11-17/h5-13H,4H2,1-3H3,(H,21,23)/t13-/m0/s1. The van der Waals surface area contributed by atoms with Gasteiger partial charge in [0.15, 0.2) is 0 Å². The van der Waals surface area contributed by atoms with Crippen molar-refractivity contribution in [2.24, 2.45) is 0 Å². The first kappa shape index (κ1) is 21.7. The smallest absolute Gasteiger partial charge is 0.338 e. The van der Waals surface area contributed by atoms with Crippen LogP contribution in [0, 0.1) is 0 Å². The summed E-state index contributed by atoms with van der Waals surface area (Å²) in [6, 6.07) is 11.3. The number of carbonyl (C=O) groups excluding carboxylic acids is 2. The summed E-state index contributed by atoms with van der Waals surface area (Å²) in [5.41, 5.74) is 0.951. The van der Waals surface area contributed by atoms with Gasteiger partial charge in [-0.25, -0.2) is 13.2 Å². The molecule has 0 bridgehead atoms. The molecule has 0 saturated carbocycles. The van der Waals surface area contributed by atoms with Gasteiger partial charge in [-0.3, -0.25) is 9.10 Å². The minimum absolute atomic E-state index is 0.233. The summed E-state index contributed by atoms with van der Waals surface area (Å²) in [5, 5.41) is 3.08. The molecule has 28 heavy (non-hydrogen) atoms. The molecule has 2 rings (SSSR count). The number of ether oxygens (including phenoxy) is 1. The molecule has 9 heteroatoms. The molecule has 0 spiro atoms. The summed E-state index contributed by atoms with van der Waals surface area (Å²) in [4.78, 5) is 24.5. The molecule has 0 saturated heterocycles. The predicted molar refractivity (Wildman–Crippen MR) is 109 cm³/mol. The van der Waals surface area contributed by atoms with Gasteiger partial charge in [0.1, 0.15) is 6.04 Å². The van der Waals surface area contributed by atoms with Crippen LogP contribution in [-0.4, -0.2) is 39.2 Å². The van der Waals surface area contributed by atoms with E-state index >= 15 is 0 Å². The molecular formula is C19H21ClN2O5S. The lowest BCUT2D eigenvalue weighted by Gasteiger charge is -2.28. The Kier molecular flexibility index (Phi) is 7.04. The fraction of sp³-hybridized carbons (Fsp3) is 0.263. The highest BCUT2D eigenvalue weighted by molar-refractivity contribution is 7.92. The average molecular weight is 425 g/mol. The summed E-state index contributed by atoms with van der Waals surface area (Å²) >= 11 is 5.86. The van der Waals surface area contributed by atoms with Gasteiger partial charge in [-0.15, -0.1) is 0 Å². The van der Waals surface area contributed by atoms with E-state index < -0.39 is 27.9 Å². The number of benzene rings is 2. The maximum atomic E-state index is 12.7. The third-order valence-electron chi connectivity index (χ3n) is 3.81. The number of hydrogen-bond acceptors (Lipinski definition) is 5. The van der Waals surface area contributed by atoms with Crippen molar-refractivity contribution >= 4 is 44.9 Å². The van der Waals surface area contributed by atoms with Gasteiger partial charge in [0.2, 0.25) is 15.9 Å². The van der Waals surface area contributed by atoms with Crippen molar-refractivity contribution in [3.63, 3.8) is 0 Å². The van der Waals surface area contributed by atoms with E-state index in [1.165, 1.54) is 25.1 Å². The quantitative estimate of drug-likeness (QED) is 0.688. The molecule has 0 fully saturated rings. The van der Waals surface area contributed by atoms with Crippen molar-refractivity contribution in [2.75, 3.05) is 22.5 Å². The van der Waals surface area contributed by atoms with Crippen LogP contribution in [0.25, 0.3) is 0 Å². The van der Waals surface area contributed by atoms with E-state index in [9.17, 15) is 18.0 Å². The molecule has 1 atom stereocenters. The number of nitrogens with one attached hydrogen (secondary N) is 1. The van der Waals surface area contributed by atoms with E-state index in [2.05, 4.69) is 5.32 Å². The van der Waals surface area contributed by atoms with Crippen molar-refractivity contribution in [2.45, 2.75) is 19.9 Å². The molecular weight excluding hydrogens is 404 g/mol. The SMILES string of the molecule is CCOC(=O)c1cccc(NC(=O)[C@H](C)N(c2ccc(Cl)cc2)S(C)(=O)=O)c1. The summed E-state index contributed by atoms with van der Waals surface area (Å²) in [6.45, 7) is 3.40. The molecule has 2 aromatic rings. The monoisotopic (exact) mass is 424 g/mol. The number of nitrogens with zero attached hydrogens (tertiary/aromatic N) is 1. The molecule has 1 N–H and O–H groups in total. The van der Waals surface area contributed by atoms with E-state index in [4.69, 9.17) is 16.3 Å². The highest BCUT2D eigenvalue weighted by atomic mass is 35.5. The Morgan fingerprint density at radius 3 is 2.39 bits per heavy atom. The largest absolute Gasteiger partial charge is 0.462 e. The lowest BCUT2D eigenvalue weighted by Crippen LogP contribution is -2.45. The van der Waals surface area contributed by atoms with Gasteiger partial charge in [0, 0.05) is 10.7 Å². The molecule has 0 radical (unpaired) electrons. The maximum Gasteiger partial charge on any atom is 0.338 e. The second kappa shape index (κ2) is 9.07. The maximum absolute atomic E-state index is 12.7. The van der Waals surface area contributed by atoms with Gasteiger partial charge in [-0.1, -0.05) is 17.7 Å². The molecule has 0 aliphatic heterocycles. The molecule has 1 amide bonds. The van der Waals surface area contributed by atoms with Crippen molar-refractivity contribution in [1.29, 1.82) is 0 Å². The third kappa shape index (κ3) is 5.46. The Morgan fingerprint density at radius 2 is 1.82 bits per heavy atom. The minimum Gasteiger partial charge on any atom is -0.462 e. The topological polar surface area (TPSA) is 92.8 Å². The Labute approximate surface area is 169 Å². The number of carbonyl (C=O) groups is 2. The number of esters is 1. The van der Waals surface area contributed by atoms with Crippen LogP contribution in [-0.2, 0) is 19.6 Å². The molecule has 0 aromatic heterocycles. The second-order valence-corrected chi connectivity index (χ2v) is 8.30. The molecule has 150 valence electrons. The van der Waals surface area contributed by atoms with Crippen molar-refractivity contribution in [3.8, 4) is 0 Å². The number of anilines is 2. The number of amides is 1. The van der Waals surface area contributed by atoms with Crippen molar-refractivity contribution in [1.82, 2.24) is 0 Å². The number of hydrogen-bond donors (Lipinski definition) is 1. The highest BCUT2D eigenvalue weighted by Crippen LogP contribution is 2.23. The zero-order chi connectivity index (χ0) is 20.9. The highest BCUT2D eigenvalue weighted by Gasteiger charge is 2.29. The summed E-state index contributed by atoms with van der Waals surface area (Å²) in [5.74, 6) is -1.06. The van der Waals surface area contributed by atoms with Crippen molar-refractivity contribution in [3.05, 3.63) is 59.1 Å². The summed E-state index contributed by atoms with van der Waals surface area (Å²) in [6.07, 6.45) is 1.02. The van der Waals surface area contributed by atoms with Crippen LogP contribution in [0.15, 0.2) is 48.5 Å². The lowest BCUT2D eigenvalue weighted by molar-refractivity contribution is -0.116. The Morgan fingerprint density at radius 1 is 1.18 bits per heavy atom. The molecule has 0 unspecified atom stereocenters. The van der Waals surface area contributed by atoms with E-state index in [0.29, 0.717) is 16.4 Å². The predicted octanol–water partition coefficient (Wildman–Crippen LogP) is 3.31. The Hall–Kier alpha value is -2.58. The van der Waals surface area contributed by atoms with Gasteiger partial charge in [-0.2, -0.15) is 0 Å². The fourth-order valence-corrected chi connectivity index (χ4v) is 3.88. The minimum atomic E-state index is -3.74. The molecule has 0 heterocycles. The molecule has 2 aromatic carbocycles.